The molecule has 0 saturated carbocycles. The second-order valence-corrected chi connectivity index (χ2v) is 4.37. The monoisotopic (exact) mass is 214 g/mol. The Hall–Kier alpha value is -1.28. The molecular weight excluding hydrogens is 196 g/mol. The predicted molar refractivity (Wildman–Crippen MR) is 55.1 cm³/mol. The van der Waals surface area contributed by atoms with E-state index in [2.05, 4.69) is 0 Å². The Morgan fingerprint density at radius 2 is 2.13 bits per heavy atom. The Labute approximate surface area is 90.2 Å². The molecule has 0 radical (unpaired) electrons. The largest absolute Gasteiger partial charge is 0.444 e. The Morgan fingerprint density at radius 1 is 1.60 bits per heavy atom. The molecule has 0 spiro atoms. The minimum Gasteiger partial charge on any atom is -0.444 e. The van der Waals surface area contributed by atoms with Crippen LogP contribution in [0.4, 0.5) is 4.79 Å². The van der Waals surface area contributed by atoms with E-state index in [-0.39, 0.29) is 13.1 Å². The van der Waals surface area contributed by atoms with E-state index in [0.29, 0.717) is 0 Å². The van der Waals surface area contributed by atoms with E-state index in [1.165, 1.54) is 4.90 Å². The van der Waals surface area contributed by atoms with Crippen molar-refractivity contribution >= 4 is 6.09 Å². The van der Waals surface area contributed by atoms with Gasteiger partial charge in [0.15, 0.2) is 0 Å². The zero-order valence-corrected chi connectivity index (χ0v) is 9.65. The minimum atomic E-state index is -0.675. The number of hydrogen-bond acceptors (Lipinski definition) is 4. The number of nitrogens with zero attached hydrogens (tertiary/aromatic N) is 2. The van der Waals surface area contributed by atoms with Crippen LogP contribution in [0.3, 0.4) is 0 Å². The molecule has 0 aliphatic carbocycles. The molecule has 1 atom stereocenters. The van der Waals surface area contributed by atoms with Crippen molar-refractivity contribution in [2.45, 2.75) is 39.4 Å². The summed E-state index contributed by atoms with van der Waals surface area (Å²) in [5.41, 5.74) is -0.594. The first kappa shape index (κ1) is 13.7. The average Bonchev–Trinajstić information content (AvgIpc) is 1.99. The first-order chi connectivity index (χ1) is 6.76. The van der Waals surface area contributed by atoms with Crippen molar-refractivity contribution in [3.63, 3.8) is 0 Å². The normalized spacial score (nSPS) is 12.8. The van der Waals surface area contributed by atoms with Gasteiger partial charge in [0.05, 0.1) is 18.7 Å². The molecule has 0 rings (SSSR count). The summed E-state index contributed by atoms with van der Waals surface area (Å²) in [5.74, 6) is 0. The summed E-state index contributed by atoms with van der Waals surface area (Å²) in [5, 5.41) is 17.7. The van der Waals surface area contributed by atoms with Crippen molar-refractivity contribution in [2.24, 2.45) is 0 Å². The average molecular weight is 214 g/mol. The molecule has 0 aliphatic rings. The third-order valence-electron chi connectivity index (χ3n) is 1.40. The highest BCUT2D eigenvalue weighted by molar-refractivity contribution is 5.68. The Bertz CT molecular complexity index is 250. The molecule has 5 nitrogen and oxygen atoms in total. The lowest BCUT2D eigenvalue weighted by Gasteiger charge is -2.26. The van der Waals surface area contributed by atoms with Gasteiger partial charge in [-0.1, -0.05) is 0 Å². The van der Waals surface area contributed by atoms with Gasteiger partial charge in [0.2, 0.25) is 0 Å². The van der Waals surface area contributed by atoms with Crippen LogP contribution in [0.1, 0.15) is 27.7 Å². The summed E-state index contributed by atoms with van der Waals surface area (Å²) in [6, 6.07) is 1.85. The molecule has 1 amide bonds. The molecule has 0 heterocycles. The SMILES string of the molecule is CC(O)CN(CC#N)C(=O)OC(C)(C)C. The van der Waals surface area contributed by atoms with Crippen molar-refractivity contribution in [2.75, 3.05) is 13.1 Å². The van der Waals surface area contributed by atoms with Gasteiger partial charge in [-0.15, -0.1) is 0 Å². The molecule has 1 unspecified atom stereocenters. The highest BCUT2D eigenvalue weighted by atomic mass is 16.6. The molecule has 0 bridgehead atoms. The van der Waals surface area contributed by atoms with Crippen LogP contribution in [0, 0.1) is 11.3 Å². The molecule has 0 aromatic heterocycles. The second kappa shape index (κ2) is 5.56. The maximum Gasteiger partial charge on any atom is 0.411 e. The molecular formula is C10H18N2O3. The van der Waals surface area contributed by atoms with Crippen LogP contribution < -0.4 is 0 Å². The van der Waals surface area contributed by atoms with Gasteiger partial charge in [-0.05, 0) is 27.7 Å². The van der Waals surface area contributed by atoms with Gasteiger partial charge in [-0.25, -0.2) is 4.79 Å². The van der Waals surface area contributed by atoms with Gasteiger partial charge >= 0.3 is 6.09 Å². The van der Waals surface area contributed by atoms with E-state index in [0.717, 1.165) is 0 Å². The molecule has 0 aliphatic heterocycles. The third-order valence-corrected chi connectivity index (χ3v) is 1.40. The first-order valence-electron chi connectivity index (χ1n) is 4.79. The van der Waals surface area contributed by atoms with E-state index in [9.17, 15) is 4.79 Å². The highest BCUT2D eigenvalue weighted by Gasteiger charge is 2.22. The van der Waals surface area contributed by atoms with Crippen LogP contribution in [-0.2, 0) is 4.74 Å². The topological polar surface area (TPSA) is 73.6 Å². The molecule has 0 fully saturated rings. The number of carbonyl (C=O) groups excluding carboxylic acids is 1. The molecule has 0 aromatic rings. The number of aliphatic hydroxyl groups is 1. The van der Waals surface area contributed by atoms with Crippen LogP contribution in [-0.4, -0.2) is 40.9 Å². The van der Waals surface area contributed by atoms with Crippen LogP contribution in [0.15, 0.2) is 0 Å². The van der Waals surface area contributed by atoms with E-state index in [4.69, 9.17) is 15.1 Å². The van der Waals surface area contributed by atoms with Gasteiger partial charge in [0, 0.05) is 0 Å². The zero-order chi connectivity index (χ0) is 12.1. The summed E-state index contributed by atoms with van der Waals surface area (Å²) in [6.07, 6.45) is -1.25. The Kier molecular flexibility index (Phi) is 5.09. The standard InChI is InChI=1S/C10H18N2O3/c1-8(13)7-12(6-5-11)9(14)15-10(2,3)4/h8,13H,6-7H2,1-4H3. The maximum atomic E-state index is 11.5. The first-order valence-corrected chi connectivity index (χ1v) is 4.79. The summed E-state index contributed by atoms with van der Waals surface area (Å²) >= 11 is 0. The number of nitriles is 1. The summed E-state index contributed by atoms with van der Waals surface area (Å²) < 4.78 is 5.08. The summed E-state index contributed by atoms with van der Waals surface area (Å²) in [4.78, 5) is 12.7. The van der Waals surface area contributed by atoms with Crippen LogP contribution in [0.5, 0.6) is 0 Å². The van der Waals surface area contributed by atoms with E-state index < -0.39 is 17.8 Å². The maximum absolute atomic E-state index is 11.5. The van der Waals surface area contributed by atoms with Gasteiger partial charge in [-0.2, -0.15) is 5.26 Å². The molecule has 1 N–H and O–H groups in total. The molecule has 0 aromatic carbocycles. The van der Waals surface area contributed by atoms with Gasteiger partial charge < -0.3 is 9.84 Å². The lowest BCUT2D eigenvalue weighted by molar-refractivity contribution is 0.0191. The smallest absolute Gasteiger partial charge is 0.411 e. The van der Waals surface area contributed by atoms with Gasteiger partial charge in [0.25, 0.3) is 0 Å². The van der Waals surface area contributed by atoms with Crippen molar-refractivity contribution in [3.8, 4) is 6.07 Å². The fourth-order valence-electron chi connectivity index (χ4n) is 0.934. The number of aliphatic hydroxyl groups excluding tert-OH is 1. The Balaban J connectivity index is 4.37. The van der Waals surface area contributed by atoms with Crippen molar-refractivity contribution in [1.29, 1.82) is 5.26 Å². The fraction of sp³-hybridized carbons (Fsp3) is 0.800. The molecule has 5 heteroatoms. The quantitative estimate of drug-likeness (QED) is 0.715. The molecule has 15 heavy (non-hydrogen) atoms. The van der Waals surface area contributed by atoms with Crippen LogP contribution in [0.25, 0.3) is 0 Å². The van der Waals surface area contributed by atoms with E-state index in [1.807, 2.05) is 6.07 Å². The summed E-state index contributed by atoms with van der Waals surface area (Å²) in [7, 11) is 0. The van der Waals surface area contributed by atoms with Gasteiger partial charge in [-0.3, -0.25) is 4.90 Å². The predicted octanol–water partition coefficient (Wildman–Crippen LogP) is 1.13. The zero-order valence-electron chi connectivity index (χ0n) is 9.65. The lowest BCUT2D eigenvalue weighted by atomic mass is 10.2. The number of carbonyl (C=O) groups is 1. The summed E-state index contributed by atoms with van der Waals surface area (Å²) in [6.45, 7) is 6.81. The van der Waals surface area contributed by atoms with Crippen molar-refractivity contribution in [1.82, 2.24) is 4.90 Å². The number of rotatable bonds is 3. The number of amides is 1. The lowest BCUT2D eigenvalue weighted by Crippen LogP contribution is -2.40. The van der Waals surface area contributed by atoms with Crippen LogP contribution >= 0.6 is 0 Å². The van der Waals surface area contributed by atoms with Crippen LogP contribution in [0.2, 0.25) is 0 Å². The third kappa shape index (κ3) is 6.75. The Morgan fingerprint density at radius 3 is 2.47 bits per heavy atom. The van der Waals surface area contributed by atoms with E-state index in [1.54, 1.807) is 27.7 Å². The van der Waals surface area contributed by atoms with Gasteiger partial charge in [0.1, 0.15) is 12.1 Å². The number of hydrogen-bond donors (Lipinski definition) is 1. The van der Waals surface area contributed by atoms with Crippen molar-refractivity contribution in [3.05, 3.63) is 0 Å². The molecule has 86 valence electrons. The van der Waals surface area contributed by atoms with E-state index >= 15 is 0 Å². The van der Waals surface area contributed by atoms with Crippen molar-refractivity contribution < 1.29 is 14.6 Å². The highest BCUT2D eigenvalue weighted by Crippen LogP contribution is 2.09. The second-order valence-electron chi connectivity index (χ2n) is 4.37. The number of ether oxygens (including phenoxy) is 1. The molecule has 0 saturated heterocycles. The fourth-order valence-corrected chi connectivity index (χ4v) is 0.934. The minimum absolute atomic E-state index is 0.0835.